The lowest BCUT2D eigenvalue weighted by molar-refractivity contribution is 0.0475. The molecule has 0 unspecified atom stereocenters. The van der Waals surface area contributed by atoms with Crippen LogP contribution in [0.4, 0.5) is 10.5 Å². The summed E-state index contributed by atoms with van der Waals surface area (Å²) in [5.74, 6) is 0. The monoisotopic (exact) mass is 310 g/mol. The summed E-state index contributed by atoms with van der Waals surface area (Å²) < 4.78 is 5.24. The van der Waals surface area contributed by atoms with Crippen LogP contribution in [0.1, 0.15) is 39.2 Å². The Bertz CT molecular complexity index is 519. The first-order valence-corrected chi connectivity index (χ1v) is 7.63. The van der Waals surface area contributed by atoms with Crippen molar-refractivity contribution in [3.05, 3.63) is 28.8 Å². The molecule has 0 atom stereocenters. The summed E-state index contributed by atoms with van der Waals surface area (Å²) in [6, 6.07) is 6.47. The molecule has 2 rings (SSSR count). The number of aryl methyl sites for hydroxylation is 1. The van der Waals surface area contributed by atoms with Crippen LogP contribution in [-0.4, -0.2) is 23.8 Å². The van der Waals surface area contributed by atoms with Crippen molar-refractivity contribution in [1.29, 1.82) is 0 Å². The SMILES string of the molecule is Cc1ccc(NC2CC(NC(=O)OC(C)(C)C)C2)c(Cl)c1. The lowest BCUT2D eigenvalue weighted by Crippen LogP contribution is -2.50. The Balaban J connectivity index is 1.75. The van der Waals surface area contributed by atoms with Gasteiger partial charge in [0.1, 0.15) is 5.60 Å². The molecule has 0 aromatic heterocycles. The summed E-state index contributed by atoms with van der Waals surface area (Å²) in [6.07, 6.45) is 1.41. The molecule has 0 bridgehead atoms. The normalized spacial score (nSPS) is 21.4. The van der Waals surface area contributed by atoms with Crippen LogP contribution < -0.4 is 10.6 Å². The van der Waals surface area contributed by atoms with Gasteiger partial charge in [-0.05, 0) is 58.2 Å². The molecule has 0 radical (unpaired) electrons. The first kappa shape index (κ1) is 16.0. The van der Waals surface area contributed by atoms with Crippen molar-refractivity contribution in [1.82, 2.24) is 5.32 Å². The van der Waals surface area contributed by atoms with Crippen LogP contribution in [0.25, 0.3) is 0 Å². The average molecular weight is 311 g/mol. The van der Waals surface area contributed by atoms with Gasteiger partial charge in [0.15, 0.2) is 0 Å². The Morgan fingerprint density at radius 2 is 1.95 bits per heavy atom. The molecule has 1 aliphatic carbocycles. The van der Waals surface area contributed by atoms with Crippen molar-refractivity contribution in [3.63, 3.8) is 0 Å². The van der Waals surface area contributed by atoms with Crippen molar-refractivity contribution >= 4 is 23.4 Å². The van der Waals surface area contributed by atoms with E-state index in [-0.39, 0.29) is 12.1 Å². The van der Waals surface area contributed by atoms with Gasteiger partial charge in [-0.25, -0.2) is 4.79 Å². The highest BCUT2D eigenvalue weighted by molar-refractivity contribution is 6.33. The molecular weight excluding hydrogens is 288 g/mol. The van der Waals surface area contributed by atoms with Crippen LogP contribution in [0.5, 0.6) is 0 Å². The highest BCUT2D eigenvalue weighted by atomic mass is 35.5. The predicted molar refractivity (Wildman–Crippen MR) is 86.0 cm³/mol. The highest BCUT2D eigenvalue weighted by Gasteiger charge is 2.31. The number of hydrogen-bond acceptors (Lipinski definition) is 3. The smallest absolute Gasteiger partial charge is 0.407 e. The van der Waals surface area contributed by atoms with Gasteiger partial charge in [0.2, 0.25) is 0 Å². The van der Waals surface area contributed by atoms with Gasteiger partial charge >= 0.3 is 6.09 Å². The zero-order chi connectivity index (χ0) is 15.6. The molecule has 1 saturated carbocycles. The van der Waals surface area contributed by atoms with E-state index >= 15 is 0 Å². The van der Waals surface area contributed by atoms with Gasteiger partial charge in [0.05, 0.1) is 10.7 Å². The minimum atomic E-state index is -0.457. The third kappa shape index (κ3) is 4.81. The number of halogens is 1. The van der Waals surface area contributed by atoms with E-state index in [4.69, 9.17) is 16.3 Å². The molecule has 1 aromatic rings. The summed E-state index contributed by atoms with van der Waals surface area (Å²) in [7, 11) is 0. The number of anilines is 1. The van der Waals surface area contributed by atoms with Gasteiger partial charge in [0, 0.05) is 12.1 Å². The van der Waals surface area contributed by atoms with E-state index < -0.39 is 5.60 Å². The molecule has 4 nitrogen and oxygen atoms in total. The number of carbonyl (C=O) groups is 1. The van der Waals surface area contributed by atoms with E-state index in [9.17, 15) is 4.79 Å². The zero-order valence-corrected chi connectivity index (χ0v) is 13.8. The van der Waals surface area contributed by atoms with Crippen LogP contribution in [0.15, 0.2) is 18.2 Å². The Kier molecular flexibility index (Phi) is 4.67. The maximum atomic E-state index is 11.6. The highest BCUT2D eigenvalue weighted by Crippen LogP contribution is 2.29. The average Bonchev–Trinajstić information content (AvgIpc) is 2.26. The first-order valence-electron chi connectivity index (χ1n) is 7.25. The fraction of sp³-hybridized carbons (Fsp3) is 0.562. The summed E-state index contributed by atoms with van der Waals surface area (Å²) in [5, 5.41) is 7.01. The molecule has 116 valence electrons. The molecule has 1 aromatic carbocycles. The quantitative estimate of drug-likeness (QED) is 0.883. The Morgan fingerprint density at radius 1 is 1.29 bits per heavy atom. The van der Waals surface area contributed by atoms with Gasteiger partial charge in [0.25, 0.3) is 0 Å². The van der Waals surface area contributed by atoms with E-state index in [1.807, 2.05) is 45.9 Å². The molecule has 2 N–H and O–H groups in total. The van der Waals surface area contributed by atoms with Crippen LogP contribution >= 0.6 is 11.6 Å². The molecule has 0 saturated heterocycles. The molecule has 5 heteroatoms. The van der Waals surface area contributed by atoms with Gasteiger partial charge in [-0.1, -0.05) is 17.7 Å². The lowest BCUT2D eigenvalue weighted by atomic mass is 9.86. The largest absolute Gasteiger partial charge is 0.444 e. The van der Waals surface area contributed by atoms with Crippen molar-refractivity contribution < 1.29 is 9.53 Å². The molecule has 1 fully saturated rings. The fourth-order valence-corrected chi connectivity index (χ4v) is 2.57. The van der Waals surface area contributed by atoms with E-state index in [1.54, 1.807) is 0 Å². The van der Waals surface area contributed by atoms with Crippen LogP contribution in [0.3, 0.4) is 0 Å². The van der Waals surface area contributed by atoms with Crippen molar-refractivity contribution in [2.75, 3.05) is 5.32 Å². The molecule has 21 heavy (non-hydrogen) atoms. The Labute approximate surface area is 131 Å². The number of carbonyl (C=O) groups excluding carboxylic acids is 1. The van der Waals surface area contributed by atoms with Crippen LogP contribution in [0, 0.1) is 6.92 Å². The molecule has 0 heterocycles. The van der Waals surface area contributed by atoms with Crippen LogP contribution in [-0.2, 0) is 4.74 Å². The van der Waals surface area contributed by atoms with E-state index in [0.717, 1.165) is 29.1 Å². The minimum absolute atomic E-state index is 0.168. The Hall–Kier alpha value is -1.42. The third-order valence-corrected chi connectivity index (χ3v) is 3.66. The predicted octanol–water partition coefficient (Wildman–Crippen LogP) is 4.12. The summed E-state index contributed by atoms with van der Waals surface area (Å²) in [4.78, 5) is 11.6. The summed E-state index contributed by atoms with van der Waals surface area (Å²) in [5.41, 5.74) is 1.63. The number of alkyl carbamates (subject to hydrolysis) is 1. The second-order valence-electron chi connectivity index (χ2n) is 6.64. The van der Waals surface area contributed by atoms with Crippen molar-refractivity contribution in [2.24, 2.45) is 0 Å². The minimum Gasteiger partial charge on any atom is -0.444 e. The number of benzene rings is 1. The van der Waals surface area contributed by atoms with E-state index in [2.05, 4.69) is 10.6 Å². The van der Waals surface area contributed by atoms with Crippen LogP contribution in [0.2, 0.25) is 5.02 Å². The van der Waals surface area contributed by atoms with Crippen molar-refractivity contribution in [2.45, 2.75) is 58.2 Å². The van der Waals surface area contributed by atoms with Gasteiger partial charge in [-0.2, -0.15) is 0 Å². The first-order chi connectivity index (χ1) is 9.73. The second kappa shape index (κ2) is 6.14. The summed E-state index contributed by atoms with van der Waals surface area (Å²) >= 11 is 6.20. The number of nitrogens with one attached hydrogen (secondary N) is 2. The molecule has 1 amide bonds. The van der Waals surface area contributed by atoms with E-state index in [0.29, 0.717) is 6.04 Å². The van der Waals surface area contributed by atoms with Gasteiger partial charge in [-0.15, -0.1) is 0 Å². The Morgan fingerprint density at radius 3 is 2.52 bits per heavy atom. The molecule has 0 aliphatic heterocycles. The van der Waals surface area contributed by atoms with Gasteiger partial charge < -0.3 is 15.4 Å². The number of rotatable bonds is 3. The fourth-order valence-electron chi connectivity index (χ4n) is 2.28. The van der Waals surface area contributed by atoms with E-state index in [1.165, 1.54) is 0 Å². The maximum Gasteiger partial charge on any atom is 0.407 e. The summed E-state index contributed by atoms with van der Waals surface area (Å²) in [6.45, 7) is 7.59. The van der Waals surface area contributed by atoms with Crippen molar-refractivity contribution in [3.8, 4) is 0 Å². The molecule has 0 spiro atoms. The second-order valence-corrected chi connectivity index (χ2v) is 7.05. The topological polar surface area (TPSA) is 50.4 Å². The number of amides is 1. The number of ether oxygens (including phenoxy) is 1. The standard InChI is InChI=1S/C16H23ClN2O2/c1-10-5-6-14(13(17)7-10)18-11-8-12(9-11)19-15(20)21-16(2,3)4/h5-7,11-12,18H,8-9H2,1-4H3,(H,19,20). The number of hydrogen-bond donors (Lipinski definition) is 2. The van der Waals surface area contributed by atoms with Gasteiger partial charge in [-0.3, -0.25) is 0 Å². The molecular formula is C16H23ClN2O2. The third-order valence-electron chi connectivity index (χ3n) is 3.34. The molecule has 1 aliphatic rings. The maximum absolute atomic E-state index is 11.6. The zero-order valence-electron chi connectivity index (χ0n) is 13.0. The lowest BCUT2D eigenvalue weighted by Gasteiger charge is -2.37.